The maximum atomic E-state index is 12.3. The first-order chi connectivity index (χ1) is 9.86. The molecule has 9 heteroatoms. The lowest BCUT2D eigenvalue weighted by Gasteiger charge is -2.11. The molecule has 0 radical (unpaired) electrons. The van der Waals surface area contributed by atoms with Gasteiger partial charge in [-0.05, 0) is 13.8 Å². The third kappa shape index (κ3) is 2.31. The molecule has 3 aromatic rings. The second kappa shape index (κ2) is 4.48. The molecule has 3 rings (SSSR count). The topological polar surface area (TPSA) is 118 Å². The molecule has 0 unspecified atom stereocenters. The van der Waals surface area contributed by atoms with Gasteiger partial charge in [-0.25, -0.2) is 4.98 Å². The zero-order valence-corrected chi connectivity index (χ0v) is 11.9. The first-order valence-electron chi connectivity index (χ1n) is 6.35. The molecule has 0 bridgehead atoms. The standard InChI is InChI=1S/C12H15N7O2/c1-12(2,13)11-16-8(21-17-11)5-19-6-14-9-7(10(19)20)4-15-18(9)3/h4,6H,5,13H2,1-3H3. The number of nitrogens with two attached hydrogens (primary N) is 1. The molecule has 0 fully saturated rings. The Morgan fingerprint density at radius 3 is 2.86 bits per heavy atom. The molecule has 0 saturated heterocycles. The number of fused-ring (bicyclic) bond motifs is 1. The molecule has 0 amide bonds. The maximum absolute atomic E-state index is 12.3. The van der Waals surface area contributed by atoms with Crippen molar-refractivity contribution < 1.29 is 4.52 Å². The van der Waals surface area contributed by atoms with Gasteiger partial charge in [-0.2, -0.15) is 10.1 Å². The van der Waals surface area contributed by atoms with Crippen LogP contribution in [-0.4, -0.2) is 29.5 Å². The van der Waals surface area contributed by atoms with Gasteiger partial charge in [0.15, 0.2) is 11.5 Å². The fourth-order valence-electron chi connectivity index (χ4n) is 1.91. The fourth-order valence-corrected chi connectivity index (χ4v) is 1.91. The Kier molecular flexibility index (Phi) is 2.87. The summed E-state index contributed by atoms with van der Waals surface area (Å²) in [5, 5.41) is 8.27. The quantitative estimate of drug-likeness (QED) is 0.706. The molecule has 0 aromatic carbocycles. The second-order valence-electron chi connectivity index (χ2n) is 5.42. The number of aromatic nitrogens is 6. The van der Waals surface area contributed by atoms with Gasteiger partial charge >= 0.3 is 0 Å². The van der Waals surface area contributed by atoms with Crippen LogP contribution in [0, 0.1) is 0 Å². The van der Waals surface area contributed by atoms with Crippen molar-refractivity contribution in [2.75, 3.05) is 0 Å². The Morgan fingerprint density at radius 2 is 2.19 bits per heavy atom. The first kappa shape index (κ1) is 13.4. The zero-order valence-electron chi connectivity index (χ0n) is 11.9. The van der Waals surface area contributed by atoms with Crippen LogP contribution in [0.3, 0.4) is 0 Å². The van der Waals surface area contributed by atoms with Gasteiger partial charge in [-0.1, -0.05) is 5.16 Å². The number of rotatable bonds is 3. The minimum Gasteiger partial charge on any atom is -0.337 e. The van der Waals surface area contributed by atoms with E-state index in [2.05, 4.69) is 20.2 Å². The third-order valence-electron chi connectivity index (χ3n) is 3.07. The van der Waals surface area contributed by atoms with Gasteiger partial charge < -0.3 is 10.3 Å². The van der Waals surface area contributed by atoms with Crippen LogP contribution in [-0.2, 0) is 19.1 Å². The summed E-state index contributed by atoms with van der Waals surface area (Å²) in [7, 11) is 1.73. The van der Waals surface area contributed by atoms with Crippen LogP contribution in [0.1, 0.15) is 25.6 Å². The summed E-state index contributed by atoms with van der Waals surface area (Å²) in [4.78, 5) is 20.7. The Hall–Kier alpha value is -2.55. The van der Waals surface area contributed by atoms with Crippen LogP contribution in [0.25, 0.3) is 11.0 Å². The predicted molar refractivity (Wildman–Crippen MR) is 73.4 cm³/mol. The molecule has 3 heterocycles. The Balaban J connectivity index is 1.97. The smallest absolute Gasteiger partial charge is 0.264 e. The van der Waals surface area contributed by atoms with Crippen molar-refractivity contribution in [3.63, 3.8) is 0 Å². The average molecular weight is 289 g/mol. The number of hydrogen-bond acceptors (Lipinski definition) is 7. The molecule has 0 spiro atoms. The van der Waals surface area contributed by atoms with Crippen LogP contribution in [0.2, 0.25) is 0 Å². The number of hydrogen-bond donors (Lipinski definition) is 1. The molecule has 0 aliphatic rings. The van der Waals surface area contributed by atoms with E-state index in [1.54, 1.807) is 25.6 Å². The number of aryl methyl sites for hydroxylation is 1. The molecule has 0 atom stereocenters. The molecule has 0 aliphatic carbocycles. The Bertz CT molecular complexity index is 852. The summed E-state index contributed by atoms with van der Waals surface area (Å²) in [6.45, 7) is 3.69. The summed E-state index contributed by atoms with van der Waals surface area (Å²) in [5.41, 5.74) is 5.52. The highest BCUT2D eigenvalue weighted by Crippen LogP contribution is 2.13. The maximum Gasteiger partial charge on any atom is 0.264 e. The highest BCUT2D eigenvalue weighted by molar-refractivity contribution is 5.72. The minimum absolute atomic E-state index is 0.139. The normalized spacial score (nSPS) is 12.2. The fraction of sp³-hybridized carbons (Fsp3) is 0.417. The van der Waals surface area contributed by atoms with Crippen molar-refractivity contribution in [3.05, 3.63) is 34.6 Å². The lowest BCUT2D eigenvalue weighted by Crippen LogP contribution is -2.30. The largest absolute Gasteiger partial charge is 0.337 e. The van der Waals surface area contributed by atoms with Gasteiger partial charge in [-0.15, -0.1) is 0 Å². The third-order valence-corrected chi connectivity index (χ3v) is 3.07. The van der Waals surface area contributed by atoms with E-state index in [0.29, 0.717) is 22.7 Å². The van der Waals surface area contributed by atoms with E-state index in [4.69, 9.17) is 10.3 Å². The highest BCUT2D eigenvalue weighted by Gasteiger charge is 2.21. The Labute approximate surface area is 119 Å². The molecule has 21 heavy (non-hydrogen) atoms. The van der Waals surface area contributed by atoms with Gasteiger partial charge in [-0.3, -0.25) is 14.0 Å². The van der Waals surface area contributed by atoms with Crippen LogP contribution >= 0.6 is 0 Å². The summed E-state index contributed by atoms with van der Waals surface area (Å²) in [6, 6.07) is 0. The van der Waals surface area contributed by atoms with E-state index in [0.717, 1.165) is 0 Å². The van der Waals surface area contributed by atoms with E-state index in [9.17, 15) is 4.79 Å². The zero-order chi connectivity index (χ0) is 15.2. The predicted octanol–water partition coefficient (Wildman–Crippen LogP) is -0.245. The van der Waals surface area contributed by atoms with E-state index >= 15 is 0 Å². The Morgan fingerprint density at radius 1 is 1.43 bits per heavy atom. The van der Waals surface area contributed by atoms with Gasteiger partial charge in [0, 0.05) is 7.05 Å². The molecule has 110 valence electrons. The van der Waals surface area contributed by atoms with E-state index in [1.165, 1.54) is 17.1 Å². The van der Waals surface area contributed by atoms with Gasteiger partial charge in [0.05, 0.1) is 11.7 Å². The summed E-state index contributed by atoms with van der Waals surface area (Å²) in [5.74, 6) is 0.691. The van der Waals surface area contributed by atoms with E-state index in [1.807, 2.05) is 0 Å². The molecule has 0 saturated carbocycles. The summed E-state index contributed by atoms with van der Waals surface area (Å²) < 4.78 is 8.06. The van der Waals surface area contributed by atoms with Crippen LogP contribution < -0.4 is 11.3 Å². The van der Waals surface area contributed by atoms with Crippen molar-refractivity contribution in [1.29, 1.82) is 0 Å². The molecule has 0 aliphatic heterocycles. The van der Waals surface area contributed by atoms with Crippen molar-refractivity contribution in [2.24, 2.45) is 12.8 Å². The van der Waals surface area contributed by atoms with Crippen LogP contribution in [0.4, 0.5) is 0 Å². The molecular formula is C12H15N7O2. The van der Waals surface area contributed by atoms with Crippen LogP contribution in [0.15, 0.2) is 21.8 Å². The monoisotopic (exact) mass is 289 g/mol. The summed E-state index contributed by atoms with van der Waals surface area (Å²) in [6.07, 6.45) is 2.92. The molecule has 9 nitrogen and oxygen atoms in total. The minimum atomic E-state index is -0.696. The van der Waals surface area contributed by atoms with E-state index in [-0.39, 0.29) is 12.1 Å². The molecular weight excluding hydrogens is 274 g/mol. The number of nitrogens with zero attached hydrogens (tertiary/aromatic N) is 6. The molecule has 3 aromatic heterocycles. The molecule has 2 N–H and O–H groups in total. The second-order valence-corrected chi connectivity index (χ2v) is 5.42. The van der Waals surface area contributed by atoms with Gasteiger partial charge in [0.1, 0.15) is 18.3 Å². The SMILES string of the molecule is Cn1ncc2c(=O)n(Cc3nc(C(C)(C)N)no3)cnc21. The van der Waals surface area contributed by atoms with Crippen molar-refractivity contribution in [3.8, 4) is 0 Å². The van der Waals surface area contributed by atoms with E-state index < -0.39 is 5.54 Å². The van der Waals surface area contributed by atoms with Crippen LogP contribution in [0.5, 0.6) is 0 Å². The van der Waals surface area contributed by atoms with Crippen molar-refractivity contribution in [1.82, 2.24) is 29.5 Å². The van der Waals surface area contributed by atoms with Crippen molar-refractivity contribution >= 4 is 11.0 Å². The lowest BCUT2D eigenvalue weighted by molar-refractivity contribution is 0.354. The highest BCUT2D eigenvalue weighted by atomic mass is 16.5. The lowest BCUT2D eigenvalue weighted by atomic mass is 10.1. The average Bonchev–Trinajstić information content (AvgIpc) is 3.00. The first-order valence-corrected chi connectivity index (χ1v) is 6.35. The summed E-state index contributed by atoms with van der Waals surface area (Å²) >= 11 is 0. The van der Waals surface area contributed by atoms with Gasteiger partial charge in [0.25, 0.3) is 5.56 Å². The van der Waals surface area contributed by atoms with Gasteiger partial charge in [0.2, 0.25) is 5.89 Å². The van der Waals surface area contributed by atoms with Crippen molar-refractivity contribution in [2.45, 2.75) is 25.9 Å².